The highest BCUT2D eigenvalue weighted by Gasteiger charge is 2.51. The lowest BCUT2D eigenvalue weighted by atomic mass is 9.55. The maximum atomic E-state index is 13.5. The molecule has 1 aliphatic carbocycles. The van der Waals surface area contributed by atoms with Crippen LogP contribution in [0, 0.1) is 40.5 Å². The molecule has 0 N–H and O–H groups in total. The largest absolute Gasteiger partial charge is 0.460 e. The van der Waals surface area contributed by atoms with Gasteiger partial charge >= 0.3 is 5.97 Å². The van der Waals surface area contributed by atoms with Gasteiger partial charge in [-0.25, -0.2) is 17.6 Å². The Labute approximate surface area is 146 Å². The fraction of sp³-hybridized carbons (Fsp3) is 0.438. The molecule has 1 aromatic carbocycles. The molecule has 1 saturated carbocycles. The molecule has 0 bridgehead atoms. The van der Waals surface area contributed by atoms with E-state index in [2.05, 4.69) is 0 Å². The lowest BCUT2D eigenvalue weighted by Crippen LogP contribution is -2.48. The Morgan fingerprint density at radius 1 is 1.25 bits per heavy atom. The van der Waals surface area contributed by atoms with Crippen molar-refractivity contribution >= 4 is 29.2 Å². The average Bonchev–Trinajstić information content (AvgIpc) is 2.48. The molecule has 2 unspecified atom stereocenters. The molecular weight excluding hydrogens is 371 g/mol. The first-order chi connectivity index (χ1) is 11.1. The van der Waals surface area contributed by atoms with E-state index in [1.54, 1.807) is 19.9 Å². The van der Waals surface area contributed by atoms with Gasteiger partial charge in [-0.15, -0.1) is 0 Å². The van der Waals surface area contributed by atoms with Crippen LogP contribution in [0.15, 0.2) is 16.6 Å². The zero-order valence-corrected chi connectivity index (χ0v) is 14.3. The molecule has 2 atom stereocenters. The molecule has 0 spiro atoms. The van der Waals surface area contributed by atoms with Gasteiger partial charge in [0.25, 0.3) is 0 Å². The van der Waals surface area contributed by atoms with Gasteiger partial charge in [0.1, 0.15) is 11.1 Å². The maximum absolute atomic E-state index is 13.5. The van der Waals surface area contributed by atoms with Gasteiger partial charge < -0.3 is 4.74 Å². The van der Waals surface area contributed by atoms with Crippen LogP contribution < -0.4 is 0 Å². The number of ether oxygens (including phenoxy) is 1. The van der Waals surface area contributed by atoms with E-state index in [1.165, 1.54) is 0 Å². The molecule has 2 rings (SSSR count). The summed E-state index contributed by atoms with van der Waals surface area (Å²) in [7, 11) is 0. The van der Waals surface area contributed by atoms with Crippen molar-refractivity contribution in [3.8, 4) is 0 Å². The molecule has 0 aromatic heterocycles. The standard InChI is InChI=1S/C16H14Cl2F4O2/c1-16(2)7(4-12(17)18)3-9(16)15(23)24-6-8-13(21)10(19)5-11(20)14(8)22/h4-5,7,9H,3,6H2,1-2H3. The molecule has 1 aromatic rings. The summed E-state index contributed by atoms with van der Waals surface area (Å²) in [6, 6.07) is 0.0951. The number of carbonyl (C=O) groups is 1. The van der Waals surface area contributed by atoms with E-state index in [1.807, 2.05) is 0 Å². The predicted molar refractivity (Wildman–Crippen MR) is 81.2 cm³/mol. The van der Waals surface area contributed by atoms with Crippen LogP contribution >= 0.6 is 23.2 Å². The van der Waals surface area contributed by atoms with Crippen molar-refractivity contribution in [1.82, 2.24) is 0 Å². The third-order valence-corrected chi connectivity index (χ3v) is 4.77. The van der Waals surface area contributed by atoms with E-state index in [0.717, 1.165) is 0 Å². The van der Waals surface area contributed by atoms with E-state index in [9.17, 15) is 22.4 Å². The molecule has 0 heterocycles. The summed E-state index contributed by atoms with van der Waals surface area (Å²) in [5.41, 5.74) is -1.48. The Kier molecular flexibility index (Phi) is 5.50. The highest BCUT2D eigenvalue weighted by Crippen LogP contribution is 2.53. The van der Waals surface area contributed by atoms with Crippen LogP contribution in [-0.2, 0) is 16.1 Å². The zero-order valence-electron chi connectivity index (χ0n) is 12.8. The number of hydrogen-bond donors (Lipinski definition) is 0. The van der Waals surface area contributed by atoms with Crippen molar-refractivity contribution < 1.29 is 27.1 Å². The van der Waals surface area contributed by atoms with E-state index >= 15 is 0 Å². The summed E-state index contributed by atoms with van der Waals surface area (Å²) in [6.45, 7) is 2.70. The van der Waals surface area contributed by atoms with Gasteiger partial charge in [0.15, 0.2) is 23.3 Å². The van der Waals surface area contributed by atoms with Gasteiger partial charge in [0, 0.05) is 6.07 Å². The number of hydrogen-bond acceptors (Lipinski definition) is 2. The molecule has 0 saturated heterocycles. The van der Waals surface area contributed by atoms with Crippen molar-refractivity contribution in [3.63, 3.8) is 0 Å². The zero-order chi connectivity index (χ0) is 18.2. The summed E-state index contributed by atoms with van der Waals surface area (Å²) < 4.78 is 58.3. The second kappa shape index (κ2) is 6.92. The van der Waals surface area contributed by atoms with Crippen molar-refractivity contribution in [2.24, 2.45) is 17.3 Å². The van der Waals surface area contributed by atoms with Gasteiger partial charge in [0.2, 0.25) is 0 Å². The number of benzene rings is 1. The quantitative estimate of drug-likeness (QED) is 0.401. The SMILES string of the molecule is CC1(C)C(C=C(Cl)Cl)CC1C(=O)OCc1c(F)c(F)cc(F)c1F. The minimum atomic E-state index is -1.58. The Morgan fingerprint density at radius 3 is 2.25 bits per heavy atom. The van der Waals surface area contributed by atoms with Crippen LogP contribution in [0.25, 0.3) is 0 Å². The maximum Gasteiger partial charge on any atom is 0.309 e. The van der Waals surface area contributed by atoms with Crippen molar-refractivity contribution in [2.45, 2.75) is 26.9 Å². The van der Waals surface area contributed by atoms with E-state index in [0.29, 0.717) is 6.42 Å². The summed E-state index contributed by atoms with van der Waals surface area (Å²) in [5, 5.41) is 0. The lowest BCUT2D eigenvalue weighted by Gasteiger charge is -2.49. The van der Waals surface area contributed by atoms with Crippen LogP contribution in [0.2, 0.25) is 0 Å². The molecule has 2 nitrogen and oxygen atoms in total. The minimum absolute atomic E-state index is 0.0554. The number of allylic oxidation sites excluding steroid dienone is 1. The molecular formula is C16H14Cl2F4O2. The second-order valence-electron chi connectivity index (χ2n) is 6.23. The van der Waals surface area contributed by atoms with Gasteiger partial charge in [-0.3, -0.25) is 4.79 Å². The number of carbonyl (C=O) groups excluding carboxylic acids is 1. The van der Waals surface area contributed by atoms with Gasteiger partial charge in [-0.1, -0.05) is 43.1 Å². The van der Waals surface area contributed by atoms with Crippen molar-refractivity contribution in [3.05, 3.63) is 45.5 Å². The number of halogens is 6. The molecule has 24 heavy (non-hydrogen) atoms. The first-order valence-corrected chi connectivity index (χ1v) is 7.82. The third kappa shape index (κ3) is 3.54. The second-order valence-corrected chi connectivity index (χ2v) is 7.23. The Bertz CT molecular complexity index is 674. The molecule has 0 aliphatic heterocycles. The molecule has 1 aliphatic rings. The van der Waals surface area contributed by atoms with Crippen molar-refractivity contribution in [1.29, 1.82) is 0 Å². The van der Waals surface area contributed by atoms with Crippen LogP contribution in [0.4, 0.5) is 17.6 Å². The Morgan fingerprint density at radius 2 is 1.79 bits per heavy atom. The third-order valence-electron chi connectivity index (χ3n) is 4.52. The molecule has 8 heteroatoms. The monoisotopic (exact) mass is 384 g/mol. The predicted octanol–water partition coefficient (Wildman–Crippen LogP) is 5.27. The van der Waals surface area contributed by atoms with E-state index in [-0.39, 0.29) is 16.5 Å². The first-order valence-electron chi connectivity index (χ1n) is 7.07. The molecule has 1 fully saturated rings. The summed E-state index contributed by atoms with van der Waals surface area (Å²) in [5.74, 6) is -7.57. The normalized spacial score (nSPS) is 21.8. The molecule has 132 valence electrons. The lowest BCUT2D eigenvalue weighted by molar-refractivity contribution is -0.164. The summed E-state index contributed by atoms with van der Waals surface area (Å²) >= 11 is 11.2. The van der Waals surface area contributed by atoms with Gasteiger partial charge in [0.05, 0.1) is 11.5 Å². The first kappa shape index (κ1) is 19.1. The van der Waals surface area contributed by atoms with Crippen molar-refractivity contribution in [2.75, 3.05) is 0 Å². The Balaban J connectivity index is 2.07. The smallest absolute Gasteiger partial charge is 0.309 e. The van der Waals surface area contributed by atoms with E-state index < -0.39 is 52.7 Å². The van der Waals surface area contributed by atoms with Crippen LogP contribution in [0.5, 0.6) is 0 Å². The van der Waals surface area contributed by atoms with Crippen LogP contribution in [0.1, 0.15) is 25.8 Å². The fourth-order valence-corrected chi connectivity index (χ4v) is 3.09. The molecule has 0 amide bonds. The number of rotatable bonds is 4. The highest BCUT2D eigenvalue weighted by molar-refractivity contribution is 6.55. The summed E-state index contributed by atoms with van der Waals surface area (Å²) in [4.78, 5) is 12.1. The van der Waals surface area contributed by atoms with Gasteiger partial charge in [-0.05, 0) is 17.8 Å². The average molecular weight is 385 g/mol. The Hall–Kier alpha value is -1.27. The van der Waals surface area contributed by atoms with Crippen LogP contribution in [-0.4, -0.2) is 5.97 Å². The topological polar surface area (TPSA) is 26.3 Å². The van der Waals surface area contributed by atoms with E-state index in [4.69, 9.17) is 27.9 Å². The highest BCUT2D eigenvalue weighted by atomic mass is 35.5. The summed E-state index contributed by atoms with van der Waals surface area (Å²) in [6.07, 6.45) is 2.01. The molecule has 0 radical (unpaired) electrons. The van der Waals surface area contributed by atoms with Gasteiger partial charge in [-0.2, -0.15) is 0 Å². The fourth-order valence-electron chi connectivity index (χ4n) is 2.79. The minimum Gasteiger partial charge on any atom is -0.460 e. The number of esters is 1. The van der Waals surface area contributed by atoms with Crippen LogP contribution in [0.3, 0.4) is 0 Å².